The molecular formula is C11H17ClN2O2S2. The fraction of sp³-hybridized carbons (Fsp3) is 0.636. The lowest BCUT2D eigenvalue weighted by atomic mass is 10.0. The number of rotatable bonds is 4. The summed E-state index contributed by atoms with van der Waals surface area (Å²) in [5.41, 5.74) is 5.71. The molecule has 2 rings (SSSR count). The summed E-state index contributed by atoms with van der Waals surface area (Å²) < 4.78 is 27.1. The average molecular weight is 309 g/mol. The van der Waals surface area contributed by atoms with Crippen LogP contribution in [0, 0.1) is 5.92 Å². The van der Waals surface area contributed by atoms with Gasteiger partial charge >= 0.3 is 0 Å². The summed E-state index contributed by atoms with van der Waals surface area (Å²) in [6.45, 7) is 0.537. The van der Waals surface area contributed by atoms with E-state index in [9.17, 15) is 8.42 Å². The fourth-order valence-corrected chi connectivity index (χ4v) is 5.64. The van der Waals surface area contributed by atoms with Crippen molar-refractivity contribution >= 4 is 33.0 Å². The minimum atomic E-state index is -3.43. The summed E-state index contributed by atoms with van der Waals surface area (Å²) in [4.78, 5) is 0. The van der Waals surface area contributed by atoms with Crippen molar-refractivity contribution in [2.75, 3.05) is 13.6 Å². The molecule has 1 saturated carbocycles. The van der Waals surface area contributed by atoms with E-state index < -0.39 is 10.0 Å². The number of hydrogen-bond donors (Lipinski definition) is 1. The summed E-state index contributed by atoms with van der Waals surface area (Å²) in [5.74, 6) is 0.264. The van der Waals surface area contributed by atoms with E-state index in [1.165, 1.54) is 4.31 Å². The van der Waals surface area contributed by atoms with E-state index in [1.54, 1.807) is 19.2 Å². The van der Waals surface area contributed by atoms with Gasteiger partial charge in [0.25, 0.3) is 10.0 Å². The molecule has 1 aliphatic rings. The quantitative estimate of drug-likeness (QED) is 0.927. The van der Waals surface area contributed by atoms with Crippen molar-refractivity contribution in [1.29, 1.82) is 0 Å². The van der Waals surface area contributed by atoms with Crippen LogP contribution < -0.4 is 5.73 Å². The summed E-state index contributed by atoms with van der Waals surface area (Å²) in [7, 11) is -1.79. The Morgan fingerprint density at radius 1 is 1.50 bits per heavy atom. The molecule has 0 spiro atoms. The van der Waals surface area contributed by atoms with Crippen molar-refractivity contribution in [1.82, 2.24) is 4.31 Å². The molecule has 0 saturated heterocycles. The maximum atomic E-state index is 12.4. The molecule has 102 valence electrons. The summed E-state index contributed by atoms with van der Waals surface area (Å²) in [5, 5.41) is 0. The molecular weight excluding hydrogens is 292 g/mol. The van der Waals surface area contributed by atoms with Gasteiger partial charge in [-0.05, 0) is 37.4 Å². The Balaban J connectivity index is 2.25. The van der Waals surface area contributed by atoms with E-state index in [-0.39, 0.29) is 12.0 Å². The van der Waals surface area contributed by atoms with Crippen LogP contribution in [0.3, 0.4) is 0 Å². The highest BCUT2D eigenvalue weighted by Gasteiger charge is 2.36. The molecule has 0 amide bonds. The van der Waals surface area contributed by atoms with Gasteiger partial charge < -0.3 is 5.73 Å². The highest BCUT2D eigenvalue weighted by atomic mass is 35.5. The van der Waals surface area contributed by atoms with Crippen LogP contribution in [0.15, 0.2) is 16.3 Å². The first-order valence-electron chi connectivity index (χ1n) is 5.90. The van der Waals surface area contributed by atoms with Crippen LogP contribution in [-0.2, 0) is 10.0 Å². The summed E-state index contributed by atoms with van der Waals surface area (Å²) in [6.07, 6.45) is 2.93. The Morgan fingerprint density at radius 3 is 2.78 bits per heavy atom. The minimum absolute atomic E-state index is 0.0147. The Bertz CT molecular complexity index is 515. The van der Waals surface area contributed by atoms with Crippen molar-refractivity contribution in [3.63, 3.8) is 0 Å². The average Bonchev–Trinajstić information content (AvgIpc) is 2.95. The highest BCUT2D eigenvalue weighted by Crippen LogP contribution is 2.34. The first-order chi connectivity index (χ1) is 8.46. The Hall–Kier alpha value is -0.140. The summed E-state index contributed by atoms with van der Waals surface area (Å²) in [6, 6.07) is 3.19. The molecule has 2 unspecified atom stereocenters. The van der Waals surface area contributed by atoms with E-state index in [2.05, 4.69) is 0 Å². The zero-order valence-corrected chi connectivity index (χ0v) is 12.6. The van der Waals surface area contributed by atoms with Gasteiger partial charge in [-0.1, -0.05) is 18.0 Å². The van der Waals surface area contributed by atoms with Gasteiger partial charge in [-0.25, -0.2) is 8.42 Å². The topological polar surface area (TPSA) is 63.4 Å². The molecule has 2 N–H and O–H groups in total. The van der Waals surface area contributed by atoms with Crippen LogP contribution in [0.1, 0.15) is 19.3 Å². The minimum Gasteiger partial charge on any atom is -0.330 e. The molecule has 18 heavy (non-hydrogen) atoms. The van der Waals surface area contributed by atoms with Crippen molar-refractivity contribution in [2.45, 2.75) is 29.5 Å². The van der Waals surface area contributed by atoms with Gasteiger partial charge in [0.2, 0.25) is 0 Å². The van der Waals surface area contributed by atoms with Crippen LogP contribution in [0.25, 0.3) is 0 Å². The molecule has 1 fully saturated rings. The second-order valence-electron chi connectivity index (χ2n) is 4.57. The van der Waals surface area contributed by atoms with E-state index in [1.807, 2.05) is 0 Å². The lowest BCUT2D eigenvalue weighted by molar-refractivity contribution is 0.305. The lowest BCUT2D eigenvalue weighted by Crippen LogP contribution is -2.41. The molecule has 2 atom stereocenters. The maximum absolute atomic E-state index is 12.4. The van der Waals surface area contributed by atoms with Crippen molar-refractivity contribution in [2.24, 2.45) is 11.7 Å². The maximum Gasteiger partial charge on any atom is 0.252 e. The second kappa shape index (κ2) is 5.46. The van der Waals surface area contributed by atoms with Crippen molar-refractivity contribution in [3.05, 3.63) is 16.5 Å². The largest absolute Gasteiger partial charge is 0.330 e. The number of thiophene rings is 1. The highest BCUT2D eigenvalue weighted by molar-refractivity contribution is 7.91. The first kappa shape index (κ1) is 14.3. The number of hydrogen-bond acceptors (Lipinski definition) is 4. The molecule has 1 aliphatic carbocycles. The van der Waals surface area contributed by atoms with Crippen molar-refractivity contribution in [3.8, 4) is 0 Å². The summed E-state index contributed by atoms with van der Waals surface area (Å²) >= 11 is 6.90. The number of sulfonamides is 1. The first-order valence-corrected chi connectivity index (χ1v) is 8.53. The zero-order valence-electron chi connectivity index (χ0n) is 10.2. The van der Waals surface area contributed by atoms with Gasteiger partial charge in [0.15, 0.2) is 0 Å². The normalized spacial score (nSPS) is 24.9. The second-order valence-corrected chi connectivity index (χ2v) is 8.51. The third kappa shape index (κ3) is 2.58. The van der Waals surface area contributed by atoms with Crippen LogP contribution in [0.4, 0.5) is 0 Å². The number of nitrogens with two attached hydrogens (primary N) is 1. The molecule has 0 radical (unpaired) electrons. The van der Waals surface area contributed by atoms with E-state index in [0.717, 1.165) is 30.6 Å². The number of nitrogens with zero attached hydrogens (tertiary/aromatic N) is 1. The SMILES string of the molecule is CN(C1CCCC1CN)S(=O)(=O)c1ccc(Cl)s1. The smallest absolute Gasteiger partial charge is 0.252 e. The molecule has 0 aromatic carbocycles. The van der Waals surface area contributed by atoms with Gasteiger partial charge in [0.1, 0.15) is 4.21 Å². The molecule has 0 aliphatic heterocycles. The fourth-order valence-electron chi connectivity index (χ4n) is 2.53. The predicted octanol–water partition coefficient (Wildman–Crippen LogP) is 2.15. The number of halogens is 1. The molecule has 1 heterocycles. The van der Waals surface area contributed by atoms with Crippen molar-refractivity contribution < 1.29 is 8.42 Å². The third-order valence-electron chi connectivity index (χ3n) is 3.57. The zero-order chi connectivity index (χ0) is 13.3. The van der Waals surface area contributed by atoms with E-state index in [0.29, 0.717) is 15.1 Å². The third-order valence-corrected chi connectivity index (χ3v) is 7.15. The van der Waals surface area contributed by atoms with E-state index in [4.69, 9.17) is 17.3 Å². The Morgan fingerprint density at radius 2 is 2.22 bits per heavy atom. The Kier molecular flexibility index (Phi) is 4.33. The Labute approximate surface area is 117 Å². The molecule has 7 heteroatoms. The van der Waals surface area contributed by atoms with Crippen LogP contribution in [-0.4, -0.2) is 32.4 Å². The van der Waals surface area contributed by atoms with Crippen LogP contribution in [0.5, 0.6) is 0 Å². The molecule has 0 bridgehead atoms. The van der Waals surface area contributed by atoms with Gasteiger partial charge in [0, 0.05) is 13.1 Å². The lowest BCUT2D eigenvalue weighted by Gasteiger charge is -2.27. The van der Waals surface area contributed by atoms with Crippen LogP contribution in [0.2, 0.25) is 4.34 Å². The molecule has 4 nitrogen and oxygen atoms in total. The van der Waals surface area contributed by atoms with Crippen LogP contribution >= 0.6 is 22.9 Å². The molecule has 1 aromatic heterocycles. The van der Waals surface area contributed by atoms with Gasteiger partial charge in [0.05, 0.1) is 4.34 Å². The molecule has 1 aromatic rings. The van der Waals surface area contributed by atoms with Gasteiger partial charge in [-0.2, -0.15) is 4.31 Å². The van der Waals surface area contributed by atoms with Gasteiger partial charge in [-0.15, -0.1) is 11.3 Å². The predicted molar refractivity (Wildman–Crippen MR) is 74.5 cm³/mol. The standard InChI is InChI=1S/C11H17ClN2O2S2/c1-14(9-4-2-3-8(9)7-13)18(15,16)11-6-5-10(12)17-11/h5-6,8-9H,2-4,7,13H2,1H3. The monoisotopic (exact) mass is 308 g/mol. The van der Waals surface area contributed by atoms with Gasteiger partial charge in [-0.3, -0.25) is 0 Å². The van der Waals surface area contributed by atoms with E-state index >= 15 is 0 Å².